The van der Waals surface area contributed by atoms with E-state index < -0.39 is 11.2 Å². The van der Waals surface area contributed by atoms with Crippen LogP contribution in [0, 0.1) is 0 Å². The van der Waals surface area contributed by atoms with Gasteiger partial charge in [-0.15, -0.1) is 0 Å². The highest BCUT2D eigenvalue weighted by Gasteiger charge is 2.34. The Balaban J connectivity index is 1.74. The predicted octanol–water partition coefficient (Wildman–Crippen LogP) is 3.07. The average molecular weight is 427 g/mol. The Morgan fingerprint density at radius 3 is 2.37 bits per heavy atom. The molecule has 30 heavy (non-hydrogen) atoms. The normalized spacial score (nSPS) is 17.6. The van der Waals surface area contributed by atoms with Crippen LogP contribution in [0.1, 0.15) is 16.8 Å². The van der Waals surface area contributed by atoms with E-state index in [2.05, 4.69) is 15.0 Å². The lowest BCUT2D eigenvalue weighted by Crippen LogP contribution is -2.43. The predicted molar refractivity (Wildman–Crippen MR) is 115 cm³/mol. The molecule has 156 valence electrons. The molecule has 1 atom stereocenters. The lowest BCUT2D eigenvalue weighted by atomic mass is 10.2. The number of esters is 1. The number of aliphatic imine (C=N–C) groups is 1. The number of methoxy groups -OCH3 is 2. The highest BCUT2D eigenvalue weighted by atomic mass is 32.2. The standard InChI is InChI=1S/C21H21N3O5S/c1-24-18(25)12-17(19(26)22-14-8-10-16(28-2)11-9-14)30-21(24)23-15-6-4-13(5-7-15)20(27)29-3/h4-11,17H,12H2,1-3H3,(H,22,26). The van der Waals surface area contributed by atoms with E-state index in [1.54, 1.807) is 62.7 Å². The molecule has 2 aromatic carbocycles. The first kappa shape index (κ1) is 21.4. The molecule has 0 saturated carbocycles. The molecule has 2 amide bonds. The summed E-state index contributed by atoms with van der Waals surface area (Å²) in [5.41, 5.74) is 1.57. The van der Waals surface area contributed by atoms with E-state index in [1.807, 2.05) is 0 Å². The van der Waals surface area contributed by atoms with Crippen LogP contribution in [-0.2, 0) is 14.3 Å². The Hall–Kier alpha value is -3.33. The Labute approximate surface area is 178 Å². The van der Waals surface area contributed by atoms with Crippen LogP contribution >= 0.6 is 11.8 Å². The van der Waals surface area contributed by atoms with Crippen LogP contribution in [0.4, 0.5) is 11.4 Å². The number of benzene rings is 2. The van der Waals surface area contributed by atoms with Gasteiger partial charge in [0.05, 0.1) is 25.5 Å². The number of hydrogen-bond acceptors (Lipinski definition) is 7. The second-order valence-electron chi connectivity index (χ2n) is 6.41. The van der Waals surface area contributed by atoms with Gasteiger partial charge < -0.3 is 14.8 Å². The molecule has 0 bridgehead atoms. The summed E-state index contributed by atoms with van der Waals surface area (Å²) < 4.78 is 9.78. The van der Waals surface area contributed by atoms with Crippen molar-refractivity contribution in [1.82, 2.24) is 4.90 Å². The molecular weight excluding hydrogens is 406 g/mol. The van der Waals surface area contributed by atoms with Gasteiger partial charge >= 0.3 is 5.97 Å². The third-order valence-electron chi connectivity index (χ3n) is 4.43. The fourth-order valence-corrected chi connectivity index (χ4v) is 3.76. The number of amides is 2. The fraction of sp³-hybridized carbons (Fsp3) is 0.238. The zero-order valence-electron chi connectivity index (χ0n) is 16.7. The van der Waals surface area contributed by atoms with E-state index in [4.69, 9.17) is 4.74 Å². The van der Waals surface area contributed by atoms with Gasteiger partial charge in [0.15, 0.2) is 5.17 Å². The number of anilines is 1. The van der Waals surface area contributed by atoms with Gasteiger partial charge in [-0.2, -0.15) is 0 Å². The van der Waals surface area contributed by atoms with Gasteiger partial charge in [0.1, 0.15) is 11.0 Å². The van der Waals surface area contributed by atoms with Crippen LogP contribution < -0.4 is 10.1 Å². The van der Waals surface area contributed by atoms with E-state index in [9.17, 15) is 14.4 Å². The minimum absolute atomic E-state index is 0.0729. The summed E-state index contributed by atoms with van der Waals surface area (Å²) in [5, 5.41) is 2.62. The third-order valence-corrected chi connectivity index (χ3v) is 5.67. The molecule has 1 aliphatic rings. The van der Waals surface area contributed by atoms with Crippen LogP contribution in [0.25, 0.3) is 0 Å². The Bertz CT molecular complexity index is 973. The maximum Gasteiger partial charge on any atom is 0.337 e. The first-order chi connectivity index (χ1) is 14.4. The fourth-order valence-electron chi connectivity index (χ4n) is 2.70. The van der Waals surface area contributed by atoms with E-state index >= 15 is 0 Å². The molecule has 0 aliphatic carbocycles. The lowest BCUT2D eigenvalue weighted by molar-refractivity contribution is -0.128. The first-order valence-corrected chi connectivity index (χ1v) is 9.94. The number of nitrogens with one attached hydrogen (secondary N) is 1. The maximum atomic E-state index is 12.7. The number of hydrogen-bond donors (Lipinski definition) is 1. The van der Waals surface area contributed by atoms with Gasteiger partial charge in [-0.3, -0.25) is 14.5 Å². The molecule has 0 spiro atoms. The second-order valence-corrected chi connectivity index (χ2v) is 7.58. The van der Waals surface area contributed by atoms with Crippen molar-refractivity contribution in [1.29, 1.82) is 0 Å². The molecular formula is C21H21N3O5S. The summed E-state index contributed by atoms with van der Waals surface area (Å²) in [4.78, 5) is 42.5. The number of rotatable bonds is 5. The van der Waals surface area contributed by atoms with Crippen LogP contribution in [0.3, 0.4) is 0 Å². The molecule has 2 aromatic rings. The van der Waals surface area contributed by atoms with E-state index in [-0.39, 0.29) is 18.2 Å². The SMILES string of the molecule is COC(=O)c1ccc(N=C2SC(C(=O)Nc3ccc(OC)cc3)CC(=O)N2C)cc1. The maximum absolute atomic E-state index is 12.7. The number of carbonyl (C=O) groups is 3. The topological polar surface area (TPSA) is 97.3 Å². The smallest absolute Gasteiger partial charge is 0.337 e. The average Bonchev–Trinajstić information content (AvgIpc) is 2.77. The van der Waals surface area contributed by atoms with Gasteiger partial charge in [0.2, 0.25) is 11.8 Å². The summed E-state index contributed by atoms with van der Waals surface area (Å²) in [6.45, 7) is 0. The van der Waals surface area contributed by atoms with Gasteiger partial charge in [-0.1, -0.05) is 11.8 Å². The molecule has 8 nitrogen and oxygen atoms in total. The Kier molecular flexibility index (Phi) is 6.73. The zero-order valence-corrected chi connectivity index (χ0v) is 17.6. The van der Waals surface area contributed by atoms with Crippen LogP contribution in [0.5, 0.6) is 5.75 Å². The largest absolute Gasteiger partial charge is 0.497 e. The molecule has 1 N–H and O–H groups in total. The van der Waals surface area contributed by atoms with Crippen molar-refractivity contribution in [2.75, 3.05) is 26.6 Å². The van der Waals surface area contributed by atoms with E-state index in [0.717, 1.165) is 0 Å². The van der Waals surface area contributed by atoms with Crippen LogP contribution in [0.15, 0.2) is 53.5 Å². The number of ether oxygens (including phenoxy) is 2. The molecule has 1 aliphatic heterocycles. The van der Waals surface area contributed by atoms with Crippen molar-refractivity contribution in [3.63, 3.8) is 0 Å². The molecule has 1 heterocycles. The summed E-state index contributed by atoms with van der Waals surface area (Å²) >= 11 is 1.21. The lowest BCUT2D eigenvalue weighted by Gasteiger charge is -2.28. The number of amidine groups is 1. The summed E-state index contributed by atoms with van der Waals surface area (Å²) in [6.07, 6.45) is 0.0729. The van der Waals surface area contributed by atoms with Gasteiger partial charge in [-0.25, -0.2) is 9.79 Å². The number of nitrogens with zero attached hydrogens (tertiary/aromatic N) is 2. The second kappa shape index (κ2) is 9.45. The van der Waals surface area contributed by atoms with Crippen molar-refractivity contribution in [3.8, 4) is 5.75 Å². The minimum Gasteiger partial charge on any atom is -0.497 e. The highest BCUT2D eigenvalue weighted by Crippen LogP contribution is 2.29. The molecule has 3 rings (SSSR count). The quantitative estimate of drug-likeness (QED) is 0.737. The van der Waals surface area contributed by atoms with Crippen LogP contribution in [0.2, 0.25) is 0 Å². The number of thioether (sulfide) groups is 1. The molecule has 0 aromatic heterocycles. The first-order valence-electron chi connectivity index (χ1n) is 9.06. The third kappa shape index (κ3) is 4.98. The zero-order chi connectivity index (χ0) is 21.7. The Morgan fingerprint density at radius 2 is 1.77 bits per heavy atom. The minimum atomic E-state index is -0.608. The summed E-state index contributed by atoms with van der Waals surface area (Å²) in [7, 11) is 4.50. The molecule has 0 radical (unpaired) electrons. The monoisotopic (exact) mass is 427 g/mol. The molecule has 1 fully saturated rings. The highest BCUT2D eigenvalue weighted by molar-refractivity contribution is 8.15. The van der Waals surface area contributed by atoms with Gasteiger partial charge in [0.25, 0.3) is 0 Å². The van der Waals surface area contributed by atoms with Crippen molar-refractivity contribution in [3.05, 3.63) is 54.1 Å². The Morgan fingerprint density at radius 1 is 1.10 bits per heavy atom. The number of carbonyl (C=O) groups excluding carboxylic acids is 3. The van der Waals surface area contributed by atoms with E-state index in [1.165, 1.54) is 23.8 Å². The van der Waals surface area contributed by atoms with Gasteiger partial charge in [-0.05, 0) is 48.5 Å². The molecule has 1 saturated heterocycles. The molecule has 9 heteroatoms. The van der Waals surface area contributed by atoms with Gasteiger partial charge in [0, 0.05) is 19.2 Å². The van der Waals surface area contributed by atoms with E-state index in [0.29, 0.717) is 27.9 Å². The van der Waals surface area contributed by atoms with Crippen molar-refractivity contribution in [2.45, 2.75) is 11.7 Å². The van der Waals surface area contributed by atoms with Crippen molar-refractivity contribution in [2.24, 2.45) is 4.99 Å². The van der Waals surface area contributed by atoms with Crippen molar-refractivity contribution >= 4 is 46.1 Å². The van der Waals surface area contributed by atoms with Crippen LogP contribution in [-0.4, -0.2) is 54.4 Å². The summed E-state index contributed by atoms with van der Waals surface area (Å²) in [5.74, 6) is -0.234. The summed E-state index contributed by atoms with van der Waals surface area (Å²) in [6, 6.07) is 13.4. The molecule has 1 unspecified atom stereocenters. The van der Waals surface area contributed by atoms with Crippen molar-refractivity contribution < 1.29 is 23.9 Å².